The number of benzene rings is 1. The molecule has 23 heavy (non-hydrogen) atoms. The van der Waals surface area contributed by atoms with Crippen molar-refractivity contribution in [1.82, 2.24) is 20.8 Å². The summed E-state index contributed by atoms with van der Waals surface area (Å²) in [6.45, 7) is 2.50. The number of carbonyl (C=O) groups excluding carboxylic acids is 1. The molecule has 1 aromatic carbocycles. The van der Waals surface area contributed by atoms with Crippen LogP contribution in [0.15, 0.2) is 18.2 Å². The Morgan fingerprint density at radius 1 is 1.30 bits per heavy atom. The van der Waals surface area contributed by atoms with Gasteiger partial charge in [0.2, 0.25) is 0 Å². The third kappa shape index (κ3) is 2.46. The summed E-state index contributed by atoms with van der Waals surface area (Å²) in [4.78, 5) is 12.2. The first kappa shape index (κ1) is 14.5. The highest BCUT2D eigenvalue weighted by Gasteiger charge is 2.52. The van der Waals surface area contributed by atoms with Crippen LogP contribution in [0, 0.1) is 17.8 Å². The second-order valence-corrected chi connectivity index (χ2v) is 6.19. The lowest BCUT2D eigenvalue weighted by molar-refractivity contribution is -0.137. The molecular formula is C15H15F3N4O. The minimum absolute atomic E-state index is 0.00929. The van der Waals surface area contributed by atoms with Crippen LogP contribution in [0.4, 0.5) is 13.2 Å². The van der Waals surface area contributed by atoms with E-state index in [-0.39, 0.29) is 11.1 Å². The zero-order chi connectivity index (χ0) is 16.2. The summed E-state index contributed by atoms with van der Waals surface area (Å²) in [6.07, 6.45) is -4.45. The molecule has 3 N–H and O–H groups in total. The Bertz CT molecular complexity index is 760. The number of hydrogen-bond acceptors (Lipinski definition) is 3. The number of nitrogens with zero attached hydrogens (tertiary/aromatic N) is 1. The van der Waals surface area contributed by atoms with E-state index in [4.69, 9.17) is 0 Å². The minimum Gasteiger partial charge on any atom is -0.350 e. The second-order valence-electron chi connectivity index (χ2n) is 6.19. The van der Waals surface area contributed by atoms with Gasteiger partial charge < -0.3 is 10.6 Å². The third-order valence-electron chi connectivity index (χ3n) is 4.87. The Morgan fingerprint density at radius 2 is 2.04 bits per heavy atom. The molecule has 8 heteroatoms. The van der Waals surface area contributed by atoms with Crippen LogP contribution in [0.2, 0.25) is 0 Å². The van der Waals surface area contributed by atoms with Crippen LogP contribution in [0.25, 0.3) is 10.9 Å². The molecule has 1 aromatic heterocycles. The van der Waals surface area contributed by atoms with Gasteiger partial charge in [-0.25, -0.2) is 0 Å². The standard InChI is InChI=1S/C15H15F3N4O/c16-15(17,18)7-1-2-12-8(3-7)13(22-21-12)14(23)20-6-11-9-4-19-5-10(9)11/h1-3,9-11,19H,4-6H2,(H,20,23)(H,21,22). The number of fused-ring (bicyclic) bond motifs is 2. The van der Waals surface area contributed by atoms with Crippen LogP contribution in [-0.4, -0.2) is 35.7 Å². The summed E-state index contributed by atoms with van der Waals surface area (Å²) < 4.78 is 38.4. The average molecular weight is 324 g/mol. The molecular weight excluding hydrogens is 309 g/mol. The van der Waals surface area contributed by atoms with E-state index in [0.29, 0.717) is 29.8 Å². The van der Waals surface area contributed by atoms with Gasteiger partial charge in [0, 0.05) is 11.9 Å². The molecule has 2 aliphatic rings. The van der Waals surface area contributed by atoms with Gasteiger partial charge in [0.25, 0.3) is 5.91 Å². The number of nitrogens with one attached hydrogen (secondary N) is 3. The zero-order valence-corrected chi connectivity index (χ0v) is 12.1. The molecule has 1 aliphatic heterocycles. The van der Waals surface area contributed by atoms with Gasteiger partial charge in [-0.05, 0) is 49.0 Å². The van der Waals surface area contributed by atoms with Gasteiger partial charge >= 0.3 is 6.18 Å². The average Bonchev–Trinajstić information content (AvgIpc) is 2.90. The molecule has 1 saturated carbocycles. The first-order chi connectivity index (χ1) is 10.9. The maximum Gasteiger partial charge on any atom is 0.416 e. The van der Waals surface area contributed by atoms with Crippen molar-refractivity contribution in [2.45, 2.75) is 6.18 Å². The fourth-order valence-corrected chi connectivity index (χ4v) is 3.51. The van der Waals surface area contributed by atoms with Crippen molar-refractivity contribution in [3.63, 3.8) is 0 Å². The van der Waals surface area contributed by atoms with Crippen molar-refractivity contribution in [3.8, 4) is 0 Å². The summed E-state index contributed by atoms with van der Waals surface area (Å²) in [7, 11) is 0. The Hall–Kier alpha value is -2.09. The monoisotopic (exact) mass is 324 g/mol. The first-order valence-corrected chi connectivity index (χ1v) is 7.49. The lowest BCUT2D eigenvalue weighted by Gasteiger charge is -2.07. The van der Waals surface area contributed by atoms with E-state index in [1.54, 1.807) is 0 Å². The van der Waals surface area contributed by atoms with Crippen LogP contribution >= 0.6 is 0 Å². The number of rotatable bonds is 3. The maximum absolute atomic E-state index is 12.8. The Balaban J connectivity index is 1.52. The number of amides is 1. The Morgan fingerprint density at radius 3 is 2.74 bits per heavy atom. The van der Waals surface area contributed by atoms with Gasteiger partial charge in [0.05, 0.1) is 11.1 Å². The Kier molecular flexibility index (Phi) is 3.12. The highest BCUT2D eigenvalue weighted by Crippen LogP contribution is 2.48. The van der Waals surface area contributed by atoms with E-state index in [2.05, 4.69) is 20.8 Å². The second kappa shape index (κ2) is 4.95. The molecule has 2 aromatic rings. The summed E-state index contributed by atoms with van der Waals surface area (Å²) in [5.41, 5.74) is -0.367. The van der Waals surface area contributed by atoms with E-state index >= 15 is 0 Å². The van der Waals surface area contributed by atoms with Crippen molar-refractivity contribution in [1.29, 1.82) is 0 Å². The molecule has 4 rings (SSSR count). The largest absolute Gasteiger partial charge is 0.416 e. The van der Waals surface area contributed by atoms with Gasteiger partial charge in [-0.2, -0.15) is 18.3 Å². The summed E-state index contributed by atoms with van der Waals surface area (Å²) in [5, 5.41) is 12.7. The zero-order valence-electron chi connectivity index (χ0n) is 12.1. The minimum atomic E-state index is -4.45. The van der Waals surface area contributed by atoms with E-state index in [9.17, 15) is 18.0 Å². The van der Waals surface area contributed by atoms with Gasteiger partial charge in [-0.1, -0.05) is 0 Å². The molecule has 122 valence electrons. The van der Waals surface area contributed by atoms with Gasteiger partial charge in [-0.15, -0.1) is 0 Å². The number of aromatic amines is 1. The normalized spacial score (nSPS) is 26.3. The van der Waals surface area contributed by atoms with Gasteiger partial charge in [-0.3, -0.25) is 9.89 Å². The topological polar surface area (TPSA) is 69.8 Å². The lowest BCUT2D eigenvalue weighted by Crippen LogP contribution is -2.29. The summed E-state index contributed by atoms with van der Waals surface area (Å²) in [6, 6.07) is 3.23. The SMILES string of the molecule is O=C(NCC1C2CNCC21)c1n[nH]c2ccc(C(F)(F)F)cc12. The summed E-state index contributed by atoms with van der Waals surface area (Å²) >= 11 is 0. The summed E-state index contributed by atoms with van der Waals surface area (Å²) in [5.74, 6) is 1.26. The maximum atomic E-state index is 12.8. The molecule has 2 heterocycles. The van der Waals surface area contributed by atoms with Crippen LogP contribution in [0.1, 0.15) is 16.1 Å². The lowest BCUT2D eigenvalue weighted by atomic mass is 10.1. The first-order valence-electron chi connectivity index (χ1n) is 7.49. The molecule has 5 nitrogen and oxygen atoms in total. The van der Waals surface area contributed by atoms with E-state index in [1.807, 2.05) is 0 Å². The van der Waals surface area contributed by atoms with Crippen molar-refractivity contribution >= 4 is 16.8 Å². The van der Waals surface area contributed by atoms with Gasteiger partial charge in [0.1, 0.15) is 0 Å². The molecule has 2 unspecified atom stereocenters. The van der Waals surface area contributed by atoms with E-state index in [1.165, 1.54) is 6.07 Å². The number of piperidine rings is 1. The smallest absolute Gasteiger partial charge is 0.350 e. The predicted molar refractivity (Wildman–Crippen MR) is 76.8 cm³/mol. The molecule has 1 aliphatic carbocycles. The molecule has 0 radical (unpaired) electrons. The number of hydrogen-bond donors (Lipinski definition) is 3. The molecule has 1 saturated heterocycles. The fraction of sp³-hybridized carbons (Fsp3) is 0.467. The highest BCUT2D eigenvalue weighted by atomic mass is 19.4. The quantitative estimate of drug-likeness (QED) is 0.806. The molecule has 0 spiro atoms. The molecule has 2 atom stereocenters. The van der Waals surface area contributed by atoms with Crippen molar-refractivity contribution in [2.75, 3.05) is 19.6 Å². The number of alkyl halides is 3. The molecule has 2 fully saturated rings. The third-order valence-corrected chi connectivity index (χ3v) is 4.87. The van der Waals surface area contributed by atoms with Crippen LogP contribution in [0.5, 0.6) is 0 Å². The predicted octanol–water partition coefficient (Wildman–Crippen LogP) is 1.78. The van der Waals surface area contributed by atoms with Crippen molar-refractivity contribution in [3.05, 3.63) is 29.5 Å². The van der Waals surface area contributed by atoms with Crippen LogP contribution in [-0.2, 0) is 6.18 Å². The van der Waals surface area contributed by atoms with Crippen molar-refractivity contribution < 1.29 is 18.0 Å². The molecule has 0 bridgehead atoms. The van der Waals surface area contributed by atoms with Crippen molar-refractivity contribution in [2.24, 2.45) is 17.8 Å². The molecule has 1 amide bonds. The number of aromatic nitrogens is 2. The fourth-order valence-electron chi connectivity index (χ4n) is 3.51. The van der Waals surface area contributed by atoms with Crippen LogP contribution < -0.4 is 10.6 Å². The van der Waals surface area contributed by atoms with E-state index in [0.717, 1.165) is 25.2 Å². The highest BCUT2D eigenvalue weighted by molar-refractivity contribution is 6.04. The Labute approximate surface area is 129 Å². The number of halogens is 3. The van der Waals surface area contributed by atoms with E-state index < -0.39 is 17.6 Å². The van der Waals surface area contributed by atoms with Gasteiger partial charge in [0.15, 0.2) is 5.69 Å². The number of H-pyrrole nitrogens is 1. The number of carbonyl (C=O) groups is 1. The van der Waals surface area contributed by atoms with Crippen LogP contribution in [0.3, 0.4) is 0 Å².